The molecule has 0 aliphatic carbocycles. The number of imide groups is 2. The van der Waals surface area contributed by atoms with Gasteiger partial charge in [0.2, 0.25) is 0 Å². The Bertz CT molecular complexity index is 1730. The Morgan fingerprint density at radius 3 is 1.45 bits per heavy atom. The minimum absolute atomic E-state index is 0.172. The van der Waals surface area contributed by atoms with Gasteiger partial charge in [-0.05, 0) is 64.4 Å². The van der Waals surface area contributed by atoms with Crippen LogP contribution >= 0.6 is 0 Å². The molecule has 4 aromatic rings. The molecule has 2 aliphatic heterocycles. The van der Waals surface area contributed by atoms with Crippen LogP contribution in [-0.2, 0) is 10.8 Å². The van der Waals surface area contributed by atoms with E-state index in [1.165, 1.54) is 9.80 Å². The van der Waals surface area contributed by atoms with Crippen LogP contribution in [0.5, 0.6) is 0 Å². The Hall–Kier alpha value is -4.58. The highest BCUT2D eigenvalue weighted by atomic mass is 16.2. The topological polar surface area (TPSA) is 74.8 Å². The molecule has 6 nitrogen and oxygen atoms in total. The Morgan fingerprint density at radius 1 is 0.500 bits per heavy atom. The zero-order chi connectivity index (χ0) is 28.7. The summed E-state index contributed by atoms with van der Waals surface area (Å²) in [5.41, 5.74) is 3.56. The molecule has 0 spiro atoms. The normalized spacial score (nSPS) is 15.3. The van der Waals surface area contributed by atoms with Gasteiger partial charge in [-0.1, -0.05) is 71.9 Å². The van der Waals surface area contributed by atoms with Gasteiger partial charge in [-0.2, -0.15) is 0 Å². The molecule has 0 saturated carbocycles. The van der Waals surface area contributed by atoms with E-state index < -0.39 is 23.6 Å². The smallest absolute Gasteiger partial charge is 0.265 e. The van der Waals surface area contributed by atoms with E-state index in [2.05, 4.69) is 20.8 Å². The van der Waals surface area contributed by atoms with Crippen molar-refractivity contribution in [1.29, 1.82) is 0 Å². The number of carbonyl (C=O) groups excluding carboxylic acids is 4. The number of carbonyl (C=O) groups is 4. The highest BCUT2D eigenvalue weighted by Gasteiger charge is 2.41. The predicted molar refractivity (Wildman–Crippen MR) is 157 cm³/mol. The molecule has 4 amide bonds. The van der Waals surface area contributed by atoms with E-state index >= 15 is 0 Å². The quantitative estimate of drug-likeness (QED) is 0.261. The summed E-state index contributed by atoms with van der Waals surface area (Å²) in [6, 6.07) is 21.2. The standard InChI is InChI=1S/C34H30N2O4/c1-33(2,3)19-10-9-11-20(18-19)35-29(37)21-14-16-23-28-24(17-15-22(27(21)28)30(35)38)32(40)36(31(23)39)26-13-8-7-12-25(26)34(4,5)6/h7-18H,1-6H3. The molecule has 2 aliphatic rings. The van der Waals surface area contributed by atoms with Crippen LogP contribution in [0.15, 0.2) is 72.8 Å². The van der Waals surface area contributed by atoms with Crippen LogP contribution in [0, 0.1) is 0 Å². The number of amides is 4. The van der Waals surface area contributed by atoms with Gasteiger partial charge in [0, 0.05) is 33.0 Å². The Kier molecular flexibility index (Phi) is 5.43. The Morgan fingerprint density at radius 2 is 0.975 bits per heavy atom. The highest BCUT2D eigenvalue weighted by Crippen LogP contribution is 2.42. The zero-order valence-electron chi connectivity index (χ0n) is 23.5. The summed E-state index contributed by atoms with van der Waals surface area (Å²) in [4.78, 5) is 57.9. The van der Waals surface area contributed by atoms with Crippen molar-refractivity contribution in [2.24, 2.45) is 0 Å². The molecule has 4 aromatic carbocycles. The lowest BCUT2D eigenvalue weighted by Gasteiger charge is -2.34. The zero-order valence-corrected chi connectivity index (χ0v) is 23.5. The summed E-state index contributed by atoms with van der Waals surface area (Å²) in [5.74, 6) is -1.91. The van der Waals surface area contributed by atoms with Crippen molar-refractivity contribution in [3.05, 3.63) is 106 Å². The maximum atomic E-state index is 13.9. The number of hydrogen-bond donors (Lipinski definition) is 0. The molecule has 0 radical (unpaired) electrons. The summed E-state index contributed by atoms with van der Waals surface area (Å²) in [7, 11) is 0. The lowest BCUT2D eigenvalue weighted by molar-refractivity contribution is 0.0872. The van der Waals surface area contributed by atoms with Gasteiger partial charge in [0.25, 0.3) is 23.6 Å². The summed E-state index contributed by atoms with van der Waals surface area (Å²) in [6.07, 6.45) is 0. The van der Waals surface area contributed by atoms with E-state index in [0.717, 1.165) is 11.1 Å². The van der Waals surface area contributed by atoms with Crippen molar-refractivity contribution >= 4 is 45.8 Å². The molecule has 0 atom stereocenters. The van der Waals surface area contributed by atoms with E-state index in [0.29, 0.717) is 44.4 Å². The molecular formula is C34H30N2O4. The molecule has 0 bridgehead atoms. The van der Waals surface area contributed by atoms with Gasteiger partial charge in [-0.15, -0.1) is 0 Å². The first-order valence-electron chi connectivity index (χ1n) is 13.4. The van der Waals surface area contributed by atoms with Crippen molar-refractivity contribution in [3.8, 4) is 0 Å². The van der Waals surface area contributed by atoms with Gasteiger partial charge in [-0.3, -0.25) is 19.2 Å². The van der Waals surface area contributed by atoms with Gasteiger partial charge >= 0.3 is 0 Å². The first-order chi connectivity index (χ1) is 18.8. The molecule has 6 rings (SSSR count). The molecule has 40 heavy (non-hydrogen) atoms. The van der Waals surface area contributed by atoms with E-state index in [1.807, 2.05) is 51.1 Å². The van der Waals surface area contributed by atoms with Crippen LogP contribution in [0.2, 0.25) is 0 Å². The molecule has 200 valence electrons. The average molecular weight is 531 g/mol. The SMILES string of the molecule is CC(C)(C)c1cccc(N2C(=O)c3ccc4c5c(ccc(c35)C2=O)C(=O)N(c2ccccc2C(C)(C)C)C4=O)c1. The van der Waals surface area contributed by atoms with Crippen molar-refractivity contribution in [3.63, 3.8) is 0 Å². The number of hydrogen-bond acceptors (Lipinski definition) is 4. The predicted octanol–water partition coefficient (Wildman–Crippen LogP) is 7.04. The van der Waals surface area contributed by atoms with Gasteiger partial charge in [-0.25, -0.2) is 9.80 Å². The van der Waals surface area contributed by atoms with Crippen LogP contribution in [0.1, 0.15) is 94.1 Å². The molecule has 0 unspecified atom stereocenters. The fraction of sp³-hybridized carbons (Fsp3) is 0.235. The van der Waals surface area contributed by atoms with Gasteiger partial charge in [0.1, 0.15) is 0 Å². The third-order valence-electron chi connectivity index (χ3n) is 7.82. The second-order valence-electron chi connectivity index (χ2n) is 12.5. The van der Waals surface area contributed by atoms with Crippen molar-refractivity contribution in [2.75, 3.05) is 9.80 Å². The molecule has 0 aromatic heterocycles. The number of para-hydroxylation sites is 1. The van der Waals surface area contributed by atoms with Crippen LogP contribution in [0.3, 0.4) is 0 Å². The van der Waals surface area contributed by atoms with E-state index in [1.54, 1.807) is 42.5 Å². The molecule has 0 saturated heterocycles. The maximum absolute atomic E-state index is 13.9. The average Bonchev–Trinajstić information content (AvgIpc) is 2.90. The second-order valence-corrected chi connectivity index (χ2v) is 12.5. The fourth-order valence-electron chi connectivity index (χ4n) is 5.74. The molecule has 0 fully saturated rings. The van der Waals surface area contributed by atoms with E-state index in [-0.39, 0.29) is 10.8 Å². The van der Waals surface area contributed by atoms with Crippen LogP contribution in [-0.4, -0.2) is 23.6 Å². The van der Waals surface area contributed by atoms with Crippen molar-refractivity contribution in [2.45, 2.75) is 52.4 Å². The second kappa shape index (κ2) is 8.46. The summed E-state index contributed by atoms with van der Waals surface area (Å²) in [5, 5.41) is 0.720. The van der Waals surface area contributed by atoms with Crippen LogP contribution in [0.4, 0.5) is 11.4 Å². The Balaban J connectivity index is 1.52. The minimum Gasteiger partial charge on any atom is -0.268 e. The Labute approximate surface area is 233 Å². The number of nitrogens with zero attached hydrogens (tertiary/aromatic N) is 2. The third kappa shape index (κ3) is 3.63. The monoisotopic (exact) mass is 530 g/mol. The highest BCUT2D eigenvalue weighted by molar-refractivity contribution is 6.42. The van der Waals surface area contributed by atoms with E-state index in [9.17, 15) is 19.2 Å². The van der Waals surface area contributed by atoms with E-state index in [4.69, 9.17) is 0 Å². The first kappa shape index (κ1) is 25.7. The lowest BCUT2D eigenvalue weighted by Crippen LogP contribution is -2.44. The minimum atomic E-state index is -0.479. The first-order valence-corrected chi connectivity index (χ1v) is 13.4. The fourth-order valence-corrected chi connectivity index (χ4v) is 5.74. The molecular weight excluding hydrogens is 500 g/mol. The van der Waals surface area contributed by atoms with Crippen LogP contribution in [0.25, 0.3) is 10.8 Å². The van der Waals surface area contributed by atoms with Gasteiger partial charge in [0.15, 0.2) is 0 Å². The number of benzene rings is 4. The summed E-state index contributed by atoms with van der Waals surface area (Å²) < 4.78 is 0. The molecule has 0 N–H and O–H groups in total. The van der Waals surface area contributed by atoms with Gasteiger partial charge < -0.3 is 0 Å². The third-order valence-corrected chi connectivity index (χ3v) is 7.82. The maximum Gasteiger partial charge on any atom is 0.265 e. The van der Waals surface area contributed by atoms with Crippen molar-refractivity contribution < 1.29 is 19.2 Å². The largest absolute Gasteiger partial charge is 0.268 e. The van der Waals surface area contributed by atoms with Gasteiger partial charge in [0.05, 0.1) is 11.4 Å². The van der Waals surface area contributed by atoms with Crippen molar-refractivity contribution in [1.82, 2.24) is 0 Å². The van der Waals surface area contributed by atoms with Crippen LogP contribution < -0.4 is 9.80 Å². The number of rotatable bonds is 2. The molecule has 6 heteroatoms. The number of anilines is 2. The summed E-state index contributed by atoms with van der Waals surface area (Å²) in [6.45, 7) is 12.3. The molecule has 2 heterocycles. The lowest BCUT2D eigenvalue weighted by atomic mass is 9.83. The summed E-state index contributed by atoms with van der Waals surface area (Å²) >= 11 is 0.